The summed E-state index contributed by atoms with van der Waals surface area (Å²) in [6, 6.07) is 0. The monoisotopic (exact) mass is 309 g/mol. The highest BCUT2D eigenvalue weighted by Crippen LogP contribution is 2.30. The van der Waals surface area contributed by atoms with E-state index in [1.807, 2.05) is 0 Å². The first-order chi connectivity index (χ1) is 10.1. The van der Waals surface area contributed by atoms with Crippen LogP contribution in [0.4, 0.5) is 5.13 Å². The second-order valence-electron chi connectivity index (χ2n) is 6.15. The van der Waals surface area contributed by atoms with Crippen LogP contribution in [0.5, 0.6) is 0 Å². The van der Waals surface area contributed by atoms with E-state index in [1.54, 1.807) is 11.3 Å². The van der Waals surface area contributed by atoms with Gasteiger partial charge < -0.3 is 10.1 Å². The minimum atomic E-state index is -0.124. The largest absolute Gasteiger partial charge is 0.373 e. The molecule has 1 saturated heterocycles. The Labute approximate surface area is 129 Å². The molecule has 21 heavy (non-hydrogen) atoms. The van der Waals surface area contributed by atoms with Crippen LogP contribution in [0.25, 0.3) is 0 Å². The van der Waals surface area contributed by atoms with Gasteiger partial charge in [-0.25, -0.2) is 4.98 Å². The molecular formula is C15H23N3O2S. The van der Waals surface area contributed by atoms with E-state index in [0.29, 0.717) is 13.2 Å². The molecule has 2 heterocycles. The summed E-state index contributed by atoms with van der Waals surface area (Å²) in [6.07, 6.45) is 4.33. The third-order valence-corrected chi connectivity index (χ3v) is 5.45. The summed E-state index contributed by atoms with van der Waals surface area (Å²) in [5, 5.41) is 3.71. The number of nitrogens with one attached hydrogen (secondary N) is 1. The lowest BCUT2D eigenvalue weighted by Gasteiger charge is -2.39. The molecule has 1 atom stereocenters. The van der Waals surface area contributed by atoms with E-state index in [4.69, 9.17) is 4.74 Å². The number of aromatic nitrogens is 1. The fraction of sp³-hybridized carbons (Fsp3) is 0.733. The Morgan fingerprint density at radius 3 is 3.14 bits per heavy atom. The summed E-state index contributed by atoms with van der Waals surface area (Å²) in [7, 11) is 0. The number of hydrogen-bond acceptors (Lipinski definition) is 5. The highest BCUT2D eigenvalue weighted by Gasteiger charge is 2.31. The van der Waals surface area contributed by atoms with Crippen molar-refractivity contribution < 1.29 is 9.53 Å². The molecule has 1 aromatic heterocycles. The van der Waals surface area contributed by atoms with Gasteiger partial charge in [-0.1, -0.05) is 6.92 Å². The van der Waals surface area contributed by atoms with Gasteiger partial charge in [0.15, 0.2) is 5.13 Å². The van der Waals surface area contributed by atoms with Crippen LogP contribution in [0.2, 0.25) is 0 Å². The van der Waals surface area contributed by atoms with Crippen LogP contribution in [0.1, 0.15) is 37.3 Å². The molecule has 6 heteroatoms. The zero-order valence-corrected chi connectivity index (χ0v) is 13.6. The highest BCUT2D eigenvalue weighted by atomic mass is 32.1. The molecule has 0 radical (unpaired) electrons. The lowest BCUT2D eigenvalue weighted by atomic mass is 10.0. The van der Waals surface area contributed by atoms with Crippen molar-refractivity contribution in [2.75, 3.05) is 31.6 Å². The van der Waals surface area contributed by atoms with E-state index in [-0.39, 0.29) is 11.5 Å². The van der Waals surface area contributed by atoms with Crippen molar-refractivity contribution in [1.29, 1.82) is 0 Å². The molecule has 0 spiro atoms. The van der Waals surface area contributed by atoms with Gasteiger partial charge in [0.1, 0.15) is 0 Å². The van der Waals surface area contributed by atoms with Crippen LogP contribution in [0, 0.1) is 0 Å². The standard InChI is InChI=1S/C15H23N3O2S/c1-3-15(2)10-18(7-8-20-15)9-13(19)17-14-16-11-5-4-6-12(11)21-14/h3-10H2,1-2H3,(H,16,17,19)/t15-/m1/s1. The van der Waals surface area contributed by atoms with Gasteiger partial charge in [0, 0.05) is 18.0 Å². The number of carbonyl (C=O) groups excluding carboxylic acids is 1. The summed E-state index contributed by atoms with van der Waals surface area (Å²) in [6.45, 7) is 6.98. The SMILES string of the molecule is CC[C@]1(C)CN(CC(=O)Nc2nc3c(s2)CCC3)CCO1. The summed E-state index contributed by atoms with van der Waals surface area (Å²) in [4.78, 5) is 20.2. The Bertz CT molecular complexity index is 509. The molecular weight excluding hydrogens is 286 g/mol. The number of morpholine rings is 1. The molecule has 1 aliphatic carbocycles. The first-order valence-corrected chi connectivity index (χ1v) is 8.54. The molecule has 0 aromatic carbocycles. The van der Waals surface area contributed by atoms with Crippen LogP contribution in [0.15, 0.2) is 0 Å². The maximum Gasteiger partial charge on any atom is 0.240 e. The molecule has 2 aliphatic rings. The maximum absolute atomic E-state index is 12.2. The van der Waals surface area contributed by atoms with Crippen LogP contribution in [-0.4, -0.2) is 47.6 Å². The third-order valence-electron chi connectivity index (χ3n) is 4.37. The van der Waals surface area contributed by atoms with Crippen LogP contribution in [-0.2, 0) is 22.4 Å². The maximum atomic E-state index is 12.2. The van der Waals surface area contributed by atoms with Gasteiger partial charge >= 0.3 is 0 Å². The number of ether oxygens (including phenoxy) is 1. The van der Waals surface area contributed by atoms with Crippen LogP contribution < -0.4 is 5.32 Å². The van der Waals surface area contributed by atoms with Crippen molar-refractivity contribution in [3.63, 3.8) is 0 Å². The summed E-state index contributed by atoms with van der Waals surface area (Å²) >= 11 is 1.63. The number of hydrogen-bond donors (Lipinski definition) is 1. The molecule has 0 unspecified atom stereocenters. The first-order valence-electron chi connectivity index (χ1n) is 7.73. The molecule has 3 rings (SSSR count). The topological polar surface area (TPSA) is 54.5 Å². The molecule has 0 saturated carbocycles. The normalized spacial score (nSPS) is 25.8. The van der Waals surface area contributed by atoms with E-state index in [2.05, 4.69) is 29.0 Å². The van der Waals surface area contributed by atoms with Gasteiger partial charge in [-0.2, -0.15) is 0 Å². The van der Waals surface area contributed by atoms with E-state index in [1.165, 1.54) is 17.0 Å². The molecule has 0 bridgehead atoms. The second kappa shape index (κ2) is 6.02. The van der Waals surface area contributed by atoms with Crippen LogP contribution >= 0.6 is 11.3 Å². The van der Waals surface area contributed by atoms with Crippen molar-refractivity contribution in [3.8, 4) is 0 Å². The molecule has 1 aromatic rings. The zero-order chi connectivity index (χ0) is 14.9. The fourth-order valence-electron chi connectivity index (χ4n) is 2.97. The van der Waals surface area contributed by atoms with Gasteiger partial charge in [0.25, 0.3) is 0 Å². The third kappa shape index (κ3) is 3.44. The van der Waals surface area contributed by atoms with Gasteiger partial charge in [-0.3, -0.25) is 9.69 Å². The van der Waals surface area contributed by atoms with Crippen molar-refractivity contribution in [2.45, 2.75) is 45.1 Å². The van der Waals surface area contributed by atoms with E-state index >= 15 is 0 Å². The lowest BCUT2D eigenvalue weighted by molar-refractivity contribution is -0.125. The van der Waals surface area contributed by atoms with E-state index in [9.17, 15) is 4.79 Å². The molecule has 1 aliphatic heterocycles. The minimum absolute atomic E-state index is 0.0303. The smallest absolute Gasteiger partial charge is 0.240 e. The van der Waals surface area contributed by atoms with E-state index in [0.717, 1.165) is 37.5 Å². The number of thiazole rings is 1. The predicted octanol–water partition coefficient (Wildman–Crippen LogP) is 2.07. The van der Waals surface area contributed by atoms with Crippen molar-refractivity contribution >= 4 is 22.4 Å². The second-order valence-corrected chi connectivity index (χ2v) is 7.24. The summed E-state index contributed by atoms with van der Waals surface area (Å²) in [5.41, 5.74) is 1.06. The number of carbonyl (C=O) groups is 1. The number of fused-ring (bicyclic) bond motifs is 1. The highest BCUT2D eigenvalue weighted by molar-refractivity contribution is 7.15. The Balaban J connectivity index is 1.54. The lowest BCUT2D eigenvalue weighted by Crippen LogP contribution is -2.51. The number of amides is 1. The van der Waals surface area contributed by atoms with Crippen LogP contribution in [0.3, 0.4) is 0 Å². The number of nitrogens with zero attached hydrogens (tertiary/aromatic N) is 2. The summed E-state index contributed by atoms with van der Waals surface area (Å²) in [5.74, 6) is 0.0303. The average Bonchev–Trinajstić information content (AvgIpc) is 2.99. The molecule has 5 nitrogen and oxygen atoms in total. The Morgan fingerprint density at radius 2 is 2.38 bits per heavy atom. The molecule has 1 amide bonds. The van der Waals surface area contributed by atoms with E-state index < -0.39 is 0 Å². The Hall–Kier alpha value is -0.980. The minimum Gasteiger partial charge on any atom is -0.373 e. The fourth-order valence-corrected chi connectivity index (χ4v) is 4.04. The van der Waals surface area contributed by atoms with Gasteiger partial charge in [-0.15, -0.1) is 11.3 Å². The predicted molar refractivity (Wildman–Crippen MR) is 83.9 cm³/mol. The number of aryl methyl sites for hydroxylation is 2. The first kappa shape index (κ1) is 14.9. The van der Waals surface area contributed by atoms with Gasteiger partial charge in [0.05, 0.1) is 24.4 Å². The van der Waals surface area contributed by atoms with Crippen molar-refractivity contribution in [2.24, 2.45) is 0 Å². The zero-order valence-electron chi connectivity index (χ0n) is 12.8. The van der Waals surface area contributed by atoms with Crippen molar-refractivity contribution in [1.82, 2.24) is 9.88 Å². The average molecular weight is 309 g/mol. The summed E-state index contributed by atoms with van der Waals surface area (Å²) < 4.78 is 5.80. The molecule has 1 N–H and O–H groups in total. The molecule has 116 valence electrons. The quantitative estimate of drug-likeness (QED) is 0.925. The molecule has 1 fully saturated rings. The van der Waals surface area contributed by atoms with Crippen molar-refractivity contribution in [3.05, 3.63) is 10.6 Å². The number of rotatable bonds is 4. The number of anilines is 1. The Kier molecular flexibility index (Phi) is 4.28. The Morgan fingerprint density at radius 1 is 1.52 bits per heavy atom. The van der Waals surface area contributed by atoms with Gasteiger partial charge in [-0.05, 0) is 32.6 Å². The van der Waals surface area contributed by atoms with Gasteiger partial charge in [0.2, 0.25) is 5.91 Å².